The number of nitrogens with zero attached hydrogens (tertiary/aromatic N) is 2. The molecular weight excluding hydrogens is 459 g/mol. The molecule has 2 aromatic heterocycles. The van der Waals surface area contributed by atoms with Crippen LogP contribution in [0, 0.1) is 0 Å². The Labute approximate surface area is 169 Å². The van der Waals surface area contributed by atoms with Crippen molar-refractivity contribution < 1.29 is 4.52 Å². The Balaban J connectivity index is 0.00000288. The van der Waals surface area contributed by atoms with Crippen LogP contribution in [0.5, 0.6) is 0 Å². The molecule has 0 saturated carbocycles. The van der Waals surface area contributed by atoms with Crippen molar-refractivity contribution in [2.24, 2.45) is 4.99 Å². The van der Waals surface area contributed by atoms with Crippen molar-refractivity contribution in [1.82, 2.24) is 15.8 Å². The summed E-state index contributed by atoms with van der Waals surface area (Å²) in [5.41, 5.74) is 2.15. The van der Waals surface area contributed by atoms with Crippen molar-refractivity contribution in [2.45, 2.75) is 39.7 Å². The molecule has 0 aliphatic rings. The normalized spacial score (nSPS) is 11.2. The molecule has 0 aliphatic carbocycles. The number of guanidine groups is 1. The summed E-state index contributed by atoms with van der Waals surface area (Å²) in [4.78, 5) is 5.52. The van der Waals surface area contributed by atoms with Crippen molar-refractivity contribution in [2.75, 3.05) is 13.6 Å². The van der Waals surface area contributed by atoms with Gasteiger partial charge >= 0.3 is 0 Å². The van der Waals surface area contributed by atoms with Gasteiger partial charge < -0.3 is 15.2 Å². The summed E-state index contributed by atoms with van der Waals surface area (Å²) in [5, 5.41) is 10.8. The summed E-state index contributed by atoms with van der Waals surface area (Å²) >= 11 is 7.55. The molecule has 8 heteroatoms. The van der Waals surface area contributed by atoms with Gasteiger partial charge in [-0.3, -0.25) is 4.99 Å². The van der Waals surface area contributed by atoms with E-state index in [2.05, 4.69) is 40.7 Å². The van der Waals surface area contributed by atoms with Crippen LogP contribution in [-0.2, 0) is 25.8 Å². The highest BCUT2D eigenvalue weighted by atomic mass is 127. The second kappa shape index (κ2) is 10.9. The third-order valence-electron chi connectivity index (χ3n) is 3.56. The van der Waals surface area contributed by atoms with Crippen molar-refractivity contribution in [3.8, 4) is 0 Å². The van der Waals surface area contributed by atoms with E-state index in [-0.39, 0.29) is 24.0 Å². The van der Waals surface area contributed by atoms with E-state index in [0.29, 0.717) is 6.54 Å². The molecule has 2 rings (SSSR count). The molecule has 2 heterocycles. The largest absolute Gasteiger partial charge is 0.361 e. The number of aryl methyl sites for hydroxylation is 2. The van der Waals surface area contributed by atoms with Gasteiger partial charge in [-0.15, -0.1) is 35.3 Å². The van der Waals surface area contributed by atoms with Crippen LogP contribution < -0.4 is 10.6 Å². The maximum atomic E-state index is 5.94. The van der Waals surface area contributed by atoms with Crippen LogP contribution in [-0.4, -0.2) is 24.7 Å². The van der Waals surface area contributed by atoms with Crippen LogP contribution in [0.25, 0.3) is 0 Å². The lowest BCUT2D eigenvalue weighted by atomic mass is 10.1. The maximum Gasteiger partial charge on any atom is 0.191 e. The first-order chi connectivity index (χ1) is 11.2. The van der Waals surface area contributed by atoms with Crippen molar-refractivity contribution >= 4 is 52.9 Å². The second-order valence-electron chi connectivity index (χ2n) is 5.05. The highest BCUT2D eigenvalue weighted by molar-refractivity contribution is 14.0. The molecule has 0 aliphatic heterocycles. The van der Waals surface area contributed by atoms with Gasteiger partial charge in [-0.1, -0.05) is 30.6 Å². The molecule has 0 fully saturated rings. The standard InChI is InChI=1S/C16H23ClN4OS.HI/c1-4-13-12(14(5-2)22-21-13)10-20-16(18-3)19-9-8-11-6-7-15(17)23-11;/h6-7H,4-5,8-10H2,1-3H3,(H2,18,19,20);1H. The van der Waals surface area contributed by atoms with Crippen LogP contribution in [0.4, 0.5) is 0 Å². The van der Waals surface area contributed by atoms with Crippen LogP contribution >= 0.6 is 46.9 Å². The topological polar surface area (TPSA) is 62.5 Å². The van der Waals surface area contributed by atoms with E-state index < -0.39 is 0 Å². The maximum absolute atomic E-state index is 5.94. The average Bonchev–Trinajstić information content (AvgIpc) is 3.16. The Kier molecular flexibility index (Phi) is 9.68. The van der Waals surface area contributed by atoms with E-state index in [1.807, 2.05) is 6.07 Å². The summed E-state index contributed by atoms with van der Waals surface area (Å²) in [6.45, 7) is 5.63. The Hall–Kier alpha value is -0.800. The molecule has 0 radical (unpaired) electrons. The predicted molar refractivity (Wildman–Crippen MR) is 112 cm³/mol. The van der Waals surface area contributed by atoms with Crippen molar-refractivity contribution in [3.63, 3.8) is 0 Å². The number of halogens is 2. The summed E-state index contributed by atoms with van der Waals surface area (Å²) < 4.78 is 6.21. The number of hydrogen-bond donors (Lipinski definition) is 2. The Morgan fingerprint density at radius 1 is 1.29 bits per heavy atom. The molecule has 0 atom stereocenters. The third kappa shape index (κ3) is 5.93. The smallest absolute Gasteiger partial charge is 0.191 e. The molecular formula is C16H24ClIN4OS. The van der Waals surface area contributed by atoms with Gasteiger partial charge in [0.25, 0.3) is 0 Å². The first kappa shape index (κ1) is 21.2. The average molecular weight is 483 g/mol. The van der Waals surface area contributed by atoms with Crippen LogP contribution in [0.15, 0.2) is 21.6 Å². The molecule has 2 aromatic rings. The molecule has 0 unspecified atom stereocenters. The lowest BCUT2D eigenvalue weighted by Gasteiger charge is -2.11. The highest BCUT2D eigenvalue weighted by Gasteiger charge is 2.13. The van der Waals surface area contributed by atoms with E-state index in [1.165, 1.54) is 4.88 Å². The molecule has 134 valence electrons. The second-order valence-corrected chi connectivity index (χ2v) is 6.85. The lowest BCUT2D eigenvalue weighted by Crippen LogP contribution is -2.38. The van der Waals surface area contributed by atoms with E-state index in [0.717, 1.165) is 53.1 Å². The fraction of sp³-hybridized carbons (Fsp3) is 0.500. The van der Waals surface area contributed by atoms with E-state index in [4.69, 9.17) is 16.1 Å². The summed E-state index contributed by atoms with van der Waals surface area (Å²) in [6, 6.07) is 3.99. The monoisotopic (exact) mass is 482 g/mol. The minimum atomic E-state index is 0. The van der Waals surface area contributed by atoms with E-state index >= 15 is 0 Å². The molecule has 5 nitrogen and oxygen atoms in total. The zero-order valence-electron chi connectivity index (χ0n) is 14.2. The Morgan fingerprint density at radius 2 is 2.08 bits per heavy atom. The van der Waals surface area contributed by atoms with E-state index in [9.17, 15) is 0 Å². The number of thiophene rings is 1. The summed E-state index contributed by atoms with van der Waals surface area (Å²) in [5.74, 6) is 1.72. The van der Waals surface area contributed by atoms with Gasteiger partial charge in [0.2, 0.25) is 0 Å². The minimum Gasteiger partial charge on any atom is -0.361 e. The number of rotatable bonds is 7. The Bertz CT molecular complexity index is 635. The van der Waals surface area contributed by atoms with Crippen molar-refractivity contribution in [3.05, 3.63) is 38.4 Å². The number of hydrogen-bond acceptors (Lipinski definition) is 4. The van der Waals surface area contributed by atoms with Gasteiger partial charge in [0.1, 0.15) is 5.76 Å². The fourth-order valence-electron chi connectivity index (χ4n) is 2.32. The molecule has 0 spiro atoms. The number of aromatic nitrogens is 1. The summed E-state index contributed by atoms with van der Waals surface area (Å²) in [6.07, 6.45) is 2.63. The molecule has 2 N–H and O–H groups in total. The molecule has 24 heavy (non-hydrogen) atoms. The fourth-order valence-corrected chi connectivity index (χ4v) is 3.41. The van der Waals surface area contributed by atoms with Gasteiger partial charge in [0.05, 0.1) is 10.0 Å². The Morgan fingerprint density at radius 3 is 2.67 bits per heavy atom. The predicted octanol–water partition coefficient (Wildman–Crippen LogP) is 4.04. The highest BCUT2D eigenvalue weighted by Crippen LogP contribution is 2.21. The first-order valence-electron chi connectivity index (χ1n) is 7.82. The number of aliphatic imine (C=N–C) groups is 1. The quantitative estimate of drug-likeness (QED) is 0.355. The summed E-state index contributed by atoms with van der Waals surface area (Å²) in [7, 11) is 1.77. The van der Waals surface area contributed by atoms with Gasteiger partial charge in [0.15, 0.2) is 5.96 Å². The third-order valence-corrected chi connectivity index (χ3v) is 4.85. The van der Waals surface area contributed by atoms with Crippen LogP contribution in [0.2, 0.25) is 4.34 Å². The van der Waals surface area contributed by atoms with Crippen LogP contribution in [0.1, 0.15) is 35.7 Å². The number of nitrogens with one attached hydrogen (secondary N) is 2. The van der Waals surface area contributed by atoms with E-state index in [1.54, 1.807) is 18.4 Å². The molecule has 0 amide bonds. The molecule has 0 aromatic carbocycles. The zero-order valence-corrected chi connectivity index (χ0v) is 18.1. The zero-order chi connectivity index (χ0) is 16.7. The first-order valence-corrected chi connectivity index (χ1v) is 9.02. The van der Waals surface area contributed by atoms with Gasteiger partial charge in [0, 0.05) is 37.0 Å². The van der Waals surface area contributed by atoms with Crippen LogP contribution in [0.3, 0.4) is 0 Å². The molecule has 0 bridgehead atoms. The van der Waals surface area contributed by atoms with Gasteiger partial charge in [-0.2, -0.15) is 0 Å². The SMILES string of the molecule is CCc1noc(CC)c1CNC(=NC)NCCc1ccc(Cl)s1.I. The molecule has 0 saturated heterocycles. The van der Waals surface area contributed by atoms with Crippen molar-refractivity contribution in [1.29, 1.82) is 0 Å². The minimum absolute atomic E-state index is 0. The van der Waals surface area contributed by atoms with Gasteiger partial charge in [-0.25, -0.2) is 0 Å². The lowest BCUT2D eigenvalue weighted by molar-refractivity contribution is 0.380. The van der Waals surface area contributed by atoms with Gasteiger partial charge in [-0.05, 0) is 25.0 Å².